The van der Waals surface area contributed by atoms with E-state index in [0.29, 0.717) is 27.9 Å². The van der Waals surface area contributed by atoms with E-state index < -0.39 is 11.7 Å². The third kappa shape index (κ3) is 8.31. The lowest BCUT2D eigenvalue weighted by atomic mass is 9.92. The fraction of sp³-hybridized carbons (Fsp3) is 0.0685. The number of hydrogen-bond donors (Lipinski definition) is 0. The van der Waals surface area contributed by atoms with Crippen LogP contribution >= 0.6 is 0 Å². The van der Waals surface area contributed by atoms with Crippen molar-refractivity contribution in [2.45, 2.75) is 33.9 Å². The summed E-state index contributed by atoms with van der Waals surface area (Å²) >= 11 is 0. The highest BCUT2D eigenvalue weighted by Crippen LogP contribution is 2.47. The summed E-state index contributed by atoms with van der Waals surface area (Å²) in [4.78, 5) is 0. The van der Waals surface area contributed by atoms with Gasteiger partial charge >= 0.3 is 6.18 Å². The van der Waals surface area contributed by atoms with Gasteiger partial charge in [0.1, 0.15) is 0 Å². The molecule has 13 rings (SSSR count). The highest BCUT2D eigenvalue weighted by molar-refractivity contribution is 6.14. The molecule has 0 unspecified atom stereocenters. The standard InChI is InChI=1S/C73H49F3N4/c1-44-13-5-9-17-55(44)50-23-30-68-62(37-50)63-38-51(56-18-10-6-14-45(56)2)24-31-69(63)79(68)67-34-27-54(59-28-21-48(42-77)35-66(59)73(74,75)76)41-61(67)60-29-22-49(43-78)36-72(60)80-70-32-25-52(57-19-11-7-15-46(57)3)39-64(70)65-40-53(26-33-71(65)80)58-20-12-8-16-47(58)4/h5-41H,1-4H3. The average Bonchev–Trinajstić information content (AvgIpc) is 4.10. The molecule has 0 fully saturated rings. The molecular weight excluding hydrogens is 990 g/mol. The molecule has 2 aromatic heterocycles. The Morgan fingerprint density at radius 1 is 0.312 bits per heavy atom. The first-order valence-corrected chi connectivity index (χ1v) is 26.6. The van der Waals surface area contributed by atoms with Gasteiger partial charge in [-0.1, -0.05) is 140 Å². The average molecular weight is 1040 g/mol. The molecule has 4 nitrogen and oxygen atoms in total. The van der Waals surface area contributed by atoms with Crippen molar-refractivity contribution in [3.63, 3.8) is 0 Å². The quantitative estimate of drug-likeness (QED) is 0.152. The minimum atomic E-state index is -4.77. The lowest BCUT2D eigenvalue weighted by Crippen LogP contribution is -2.08. The third-order valence-corrected chi connectivity index (χ3v) is 16.0. The fourth-order valence-corrected chi connectivity index (χ4v) is 12.1. The second-order valence-corrected chi connectivity index (χ2v) is 20.8. The first-order chi connectivity index (χ1) is 38.9. The normalized spacial score (nSPS) is 11.7. The number of nitriles is 2. The first kappa shape index (κ1) is 49.4. The molecule has 0 spiro atoms. The summed E-state index contributed by atoms with van der Waals surface area (Å²) in [6.45, 7) is 8.46. The Morgan fingerprint density at radius 2 is 0.650 bits per heavy atom. The number of rotatable bonds is 8. The summed E-state index contributed by atoms with van der Waals surface area (Å²) in [7, 11) is 0. The van der Waals surface area contributed by atoms with Gasteiger partial charge in [-0.05, 0) is 191 Å². The summed E-state index contributed by atoms with van der Waals surface area (Å²) in [6, 6.07) is 78.7. The molecule has 13 aromatic rings. The molecule has 0 radical (unpaired) electrons. The Kier molecular flexibility index (Phi) is 11.9. The molecule has 0 saturated heterocycles. The number of halogens is 3. The number of aromatic nitrogens is 2. The maximum absolute atomic E-state index is 15.3. The van der Waals surface area contributed by atoms with Crippen LogP contribution in [-0.2, 0) is 6.18 Å². The van der Waals surface area contributed by atoms with Gasteiger partial charge in [0, 0.05) is 32.7 Å². The van der Waals surface area contributed by atoms with E-state index in [0.717, 1.165) is 122 Å². The predicted molar refractivity (Wildman–Crippen MR) is 321 cm³/mol. The van der Waals surface area contributed by atoms with Crippen LogP contribution in [-0.4, -0.2) is 9.13 Å². The number of nitrogens with zero attached hydrogens (tertiary/aromatic N) is 4. The van der Waals surface area contributed by atoms with Crippen LogP contribution in [0.4, 0.5) is 13.2 Å². The summed E-state index contributed by atoms with van der Waals surface area (Å²) in [5.41, 5.74) is 19.3. The highest BCUT2D eigenvalue weighted by atomic mass is 19.4. The zero-order chi connectivity index (χ0) is 55.0. The van der Waals surface area contributed by atoms with E-state index >= 15 is 13.2 Å². The van der Waals surface area contributed by atoms with Crippen molar-refractivity contribution in [2.75, 3.05) is 0 Å². The van der Waals surface area contributed by atoms with Crippen LogP contribution in [0.2, 0.25) is 0 Å². The maximum atomic E-state index is 15.3. The summed E-state index contributed by atoms with van der Waals surface area (Å²) < 4.78 is 50.3. The lowest BCUT2D eigenvalue weighted by Gasteiger charge is -2.21. The zero-order valence-corrected chi connectivity index (χ0v) is 44.3. The minimum absolute atomic E-state index is 0.0585. The van der Waals surface area contributed by atoms with E-state index in [9.17, 15) is 10.5 Å². The van der Waals surface area contributed by atoms with Crippen molar-refractivity contribution in [2.24, 2.45) is 0 Å². The largest absolute Gasteiger partial charge is 0.417 e. The molecule has 0 atom stereocenters. The molecule has 0 N–H and O–H groups in total. The number of aryl methyl sites for hydroxylation is 4. The second-order valence-electron chi connectivity index (χ2n) is 20.8. The second kappa shape index (κ2) is 19.4. The summed E-state index contributed by atoms with van der Waals surface area (Å²) in [6.07, 6.45) is -4.77. The van der Waals surface area contributed by atoms with Gasteiger partial charge < -0.3 is 9.13 Å². The van der Waals surface area contributed by atoms with E-state index in [4.69, 9.17) is 0 Å². The highest BCUT2D eigenvalue weighted by Gasteiger charge is 2.35. The van der Waals surface area contributed by atoms with Gasteiger partial charge in [0.15, 0.2) is 0 Å². The smallest absolute Gasteiger partial charge is 0.309 e. The number of alkyl halides is 3. The van der Waals surface area contributed by atoms with Crippen LogP contribution in [0.15, 0.2) is 224 Å². The van der Waals surface area contributed by atoms with Crippen LogP contribution in [0.25, 0.3) is 122 Å². The first-order valence-electron chi connectivity index (χ1n) is 26.6. The molecule has 80 heavy (non-hydrogen) atoms. The summed E-state index contributed by atoms with van der Waals surface area (Å²) in [5, 5.41) is 24.6. The molecule has 11 aromatic carbocycles. The molecule has 7 heteroatoms. The SMILES string of the molecule is Cc1ccccc1-c1ccc2c(c1)c1cc(-c3ccccc3C)ccc1n2-c1ccc(-c2ccc(C#N)cc2C(F)(F)F)cc1-c1ccc(C#N)cc1-n1c2ccc(-c3ccccc3C)cc2c2cc(-c3ccccc3C)ccc21. The van der Waals surface area contributed by atoms with Crippen LogP contribution in [0, 0.1) is 50.4 Å². The van der Waals surface area contributed by atoms with Gasteiger partial charge in [0.05, 0.1) is 62.3 Å². The molecule has 2 heterocycles. The number of benzene rings is 11. The monoisotopic (exact) mass is 1040 g/mol. The van der Waals surface area contributed by atoms with Crippen LogP contribution < -0.4 is 0 Å². The van der Waals surface area contributed by atoms with Gasteiger partial charge in [-0.15, -0.1) is 0 Å². The Balaban J connectivity index is 1.14. The predicted octanol–water partition coefficient (Wildman–Crippen LogP) is 19.9. The van der Waals surface area contributed by atoms with E-state index in [2.05, 4.69) is 188 Å². The maximum Gasteiger partial charge on any atom is 0.417 e. The molecular formula is C73H49F3N4. The van der Waals surface area contributed by atoms with Crippen molar-refractivity contribution in [1.29, 1.82) is 10.5 Å². The van der Waals surface area contributed by atoms with E-state index in [1.54, 1.807) is 12.1 Å². The van der Waals surface area contributed by atoms with Crippen LogP contribution in [0.5, 0.6) is 0 Å². The number of fused-ring (bicyclic) bond motifs is 6. The third-order valence-electron chi connectivity index (χ3n) is 16.0. The molecule has 0 aliphatic carbocycles. The van der Waals surface area contributed by atoms with Crippen molar-refractivity contribution < 1.29 is 13.2 Å². The van der Waals surface area contributed by atoms with Crippen molar-refractivity contribution in [1.82, 2.24) is 9.13 Å². The molecule has 0 aliphatic heterocycles. The minimum Gasteiger partial charge on any atom is -0.309 e. The van der Waals surface area contributed by atoms with Gasteiger partial charge in [0.25, 0.3) is 0 Å². The molecule has 382 valence electrons. The van der Waals surface area contributed by atoms with Crippen LogP contribution in [0.3, 0.4) is 0 Å². The van der Waals surface area contributed by atoms with Crippen molar-refractivity contribution in [3.05, 3.63) is 263 Å². The van der Waals surface area contributed by atoms with Crippen LogP contribution in [0.1, 0.15) is 38.9 Å². The van der Waals surface area contributed by atoms with E-state index in [-0.39, 0.29) is 11.1 Å². The zero-order valence-electron chi connectivity index (χ0n) is 44.3. The Labute approximate surface area is 461 Å². The fourth-order valence-electron chi connectivity index (χ4n) is 12.1. The van der Waals surface area contributed by atoms with Crippen molar-refractivity contribution in [3.8, 4) is 90.3 Å². The van der Waals surface area contributed by atoms with Gasteiger partial charge in [-0.3, -0.25) is 0 Å². The lowest BCUT2D eigenvalue weighted by molar-refractivity contribution is -0.137. The molecule has 0 amide bonds. The van der Waals surface area contributed by atoms with E-state index in [1.165, 1.54) is 12.1 Å². The number of hydrogen-bond acceptors (Lipinski definition) is 2. The Bertz CT molecular complexity index is 4580. The Hall–Kier alpha value is -10.2. The topological polar surface area (TPSA) is 57.4 Å². The molecule has 0 bridgehead atoms. The molecule has 0 aliphatic rings. The van der Waals surface area contributed by atoms with Gasteiger partial charge in [0.2, 0.25) is 0 Å². The van der Waals surface area contributed by atoms with Crippen molar-refractivity contribution >= 4 is 43.6 Å². The van der Waals surface area contributed by atoms with Gasteiger partial charge in [-0.25, -0.2) is 0 Å². The van der Waals surface area contributed by atoms with Gasteiger partial charge in [-0.2, -0.15) is 23.7 Å². The summed E-state index contributed by atoms with van der Waals surface area (Å²) in [5.74, 6) is 0. The Morgan fingerprint density at radius 3 is 1.02 bits per heavy atom. The van der Waals surface area contributed by atoms with E-state index in [1.807, 2.05) is 54.6 Å². The molecule has 0 saturated carbocycles.